The zero-order valence-corrected chi connectivity index (χ0v) is 28.7. The van der Waals surface area contributed by atoms with Crippen molar-refractivity contribution >= 4 is 11.7 Å². The Morgan fingerprint density at radius 3 is 2.46 bits per heavy atom. The summed E-state index contributed by atoms with van der Waals surface area (Å²) in [6.45, 7) is 9.35. The van der Waals surface area contributed by atoms with Crippen molar-refractivity contribution in [3.63, 3.8) is 0 Å². The zero-order chi connectivity index (χ0) is 32.9. The number of carbonyl (C=O) groups excluding carboxylic acids is 1. The quantitative estimate of drug-likeness (QED) is 0.274. The molecule has 6 aliphatic carbocycles. The molecule has 1 unspecified atom stereocenters. The van der Waals surface area contributed by atoms with Crippen LogP contribution in [0.3, 0.4) is 0 Å². The van der Waals surface area contributed by atoms with Crippen molar-refractivity contribution in [3.8, 4) is 11.1 Å². The Morgan fingerprint density at radius 2 is 1.60 bits per heavy atom. The molecule has 0 aromatic heterocycles. The molecule has 2 N–H and O–H groups in total. The van der Waals surface area contributed by atoms with Gasteiger partial charge in [0.25, 0.3) is 0 Å². The fourth-order valence-corrected chi connectivity index (χ4v) is 12.5. The molecular weight excluding hydrogens is 594 g/mol. The van der Waals surface area contributed by atoms with Gasteiger partial charge in [-0.3, -0.25) is 9.79 Å². The maximum absolute atomic E-state index is 15.4. The van der Waals surface area contributed by atoms with E-state index in [1.807, 2.05) is 36.4 Å². The summed E-state index contributed by atoms with van der Waals surface area (Å²) in [7, 11) is 0. The van der Waals surface area contributed by atoms with Crippen LogP contribution in [0.5, 0.6) is 0 Å². The number of ketones is 1. The van der Waals surface area contributed by atoms with E-state index in [0.717, 1.165) is 106 Å². The Balaban J connectivity index is 1.17. The first kappa shape index (κ1) is 30.8. The van der Waals surface area contributed by atoms with E-state index < -0.39 is 11.0 Å². The molecule has 8 atom stereocenters. The summed E-state index contributed by atoms with van der Waals surface area (Å²) < 4.78 is 0. The van der Waals surface area contributed by atoms with Crippen LogP contribution in [0, 0.1) is 33.5 Å². The fourth-order valence-electron chi connectivity index (χ4n) is 12.5. The highest BCUT2D eigenvalue weighted by Gasteiger charge is 2.74. The second-order valence-electron chi connectivity index (χ2n) is 16.8. The van der Waals surface area contributed by atoms with Crippen molar-refractivity contribution in [2.45, 2.75) is 83.3 Å². The highest BCUT2D eigenvalue weighted by Crippen LogP contribution is 2.78. The van der Waals surface area contributed by atoms with Crippen LogP contribution in [0.25, 0.3) is 11.1 Å². The monoisotopic (exact) mass is 645 g/mol. The van der Waals surface area contributed by atoms with Crippen LogP contribution >= 0.6 is 0 Å². The van der Waals surface area contributed by atoms with Gasteiger partial charge in [0, 0.05) is 53.6 Å². The average Bonchev–Trinajstić information content (AvgIpc) is 3.38. The minimum atomic E-state index is -0.875. The van der Waals surface area contributed by atoms with Gasteiger partial charge in [0.1, 0.15) is 0 Å². The summed E-state index contributed by atoms with van der Waals surface area (Å²) >= 11 is 0. The number of carbonyl (C=O) groups is 1. The highest BCUT2D eigenvalue weighted by atomic mass is 16.3. The maximum atomic E-state index is 15.4. The summed E-state index contributed by atoms with van der Waals surface area (Å²) in [5.41, 5.74) is 1.61. The lowest BCUT2D eigenvalue weighted by Crippen LogP contribution is -2.68. The van der Waals surface area contributed by atoms with Gasteiger partial charge in [-0.05, 0) is 86.2 Å². The molecule has 2 aromatic rings. The molecule has 2 heterocycles. The van der Waals surface area contributed by atoms with Gasteiger partial charge in [-0.25, -0.2) is 0 Å². The van der Waals surface area contributed by atoms with Gasteiger partial charge >= 0.3 is 0 Å². The van der Waals surface area contributed by atoms with Gasteiger partial charge in [0.15, 0.2) is 11.7 Å². The summed E-state index contributed by atoms with van der Waals surface area (Å²) in [5, 5.41) is 24.1. The summed E-state index contributed by atoms with van der Waals surface area (Å²) in [6.07, 6.45) is 15.0. The smallest absolute Gasteiger partial charge is 0.196 e. The summed E-state index contributed by atoms with van der Waals surface area (Å²) in [6, 6.07) is 18.4. The third-order valence-electron chi connectivity index (χ3n) is 14.9. The van der Waals surface area contributed by atoms with Gasteiger partial charge in [-0.2, -0.15) is 0 Å². The van der Waals surface area contributed by atoms with Crippen LogP contribution in [0.15, 0.2) is 83.4 Å². The standard InChI is InChI=1S/C42H51N3O3/c1-38-17-14-30(46)26-40(38)20-21-42(33(27-40)36(47)32-13-7-6-12-31(32)29-10-4-3-5-11-29)34(38)15-18-39(2)35(42)16-19-41(39,48)28-45-25-9-24-44-23-8-22-43-37(44)45/h3-7,10-13,20-21,27,30,34-35,46,48H,8-9,14-19,22-26,28H2,1-2H3/t30?,34-,35-,38-,39+,40+,41-,42-/m1/s1. The van der Waals surface area contributed by atoms with Crippen LogP contribution in [0.4, 0.5) is 0 Å². The minimum absolute atomic E-state index is 0.0457. The number of allylic oxidation sites excluding steroid dienone is 4. The van der Waals surface area contributed by atoms with E-state index in [9.17, 15) is 10.2 Å². The lowest BCUT2D eigenvalue weighted by atomic mass is 9.32. The number of hydrogen-bond acceptors (Lipinski definition) is 6. The Labute approximate surface area is 285 Å². The second-order valence-corrected chi connectivity index (χ2v) is 16.8. The maximum Gasteiger partial charge on any atom is 0.196 e. The molecule has 2 spiro atoms. The number of rotatable bonds is 5. The number of aliphatic hydroxyl groups is 2. The van der Waals surface area contributed by atoms with E-state index in [1.54, 1.807) is 0 Å². The third kappa shape index (κ3) is 3.99. The minimum Gasteiger partial charge on any atom is -0.393 e. The van der Waals surface area contributed by atoms with Gasteiger partial charge < -0.3 is 20.0 Å². The number of aliphatic imine (C=N–C) groups is 1. The molecule has 48 heavy (non-hydrogen) atoms. The Kier molecular flexibility index (Phi) is 6.83. The topological polar surface area (TPSA) is 76.4 Å². The van der Waals surface area contributed by atoms with Crippen LogP contribution in [-0.2, 0) is 0 Å². The van der Waals surface area contributed by atoms with Gasteiger partial charge in [0.2, 0.25) is 0 Å². The first-order valence-corrected chi connectivity index (χ1v) is 18.7. The lowest BCUT2D eigenvalue weighted by Gasteiger charge is -2.71. The van der Waals surface area contributed by atoms with Crippen LogP contribution in [0.1, 0.15) is 82.0 Å². The largest absolute Gasteiger partial charge is 0.393 e. The molecule has 0 amide bonds. The molecule has 1 saturated heterocycles. The SMILES string of the molecule is C[C@]12CC[C@H]3[C@]4(C=C[C@@]5(C=C4C(=O)c4ccccc4-c4ccccc4)CC(O)CC[C@]35C)[C@@H]1CC[C@@]2(O)CN1CCCN2CCCN=C21. The van der Waals surface area contributed by atoms with Crippen molar-refractivity contribution in [2.24, 2.45) is 38.5 Å². The lowest BCUT2D eigenvalue weighted by molar-refractivity contribution is -0.174. The van der Waals surface area contributed by atoms with E-state index in [-0.39, 0.29) is 40.0 Å². The molecule has 10 rings (SSSR count). The molecule has 3 saturated carbocycles. The number of β-amino-alcohol motifs (C(OH)–C–C–N with tert-alkyl or cyclic N) is 1. The van der Waals surface area contributed by atoms with E-state index in [1.165, 1.54) is 0 Å². The molecule has 0 radical (unpaired) electrons. The van der Waals surface area contributed by atoms with E-state index >= 15 is 4.79 Å². The number of Topliss-reactive ketones (excluding diaryl/α,β-unsaturated/α-hetero) is 1. The number of aliphatic hydroxyl groups excluding tert-OH is 1. The Hall–Kier alpha value is -3.22. The molecule has 4 fully saturated rings. The van der Waals surface area contributed by atoms with Crippen molar-refractivity contribution in [1.82, 2.24) is 9.80 Å². The number of nitrogens with zero attached hydrogens (tertiary/aromatic N) is 3. The third-order valence-corrected chi connectivity index (χ3v) is 14.9. The van der Waals surface area contributed by atoms with Crippen molar-refractivity contribution in [3.05, 3.63) is 84.0 Å². The number of hydrogen-bond donors (Lipinski definition) is 2. The molecule has 2 bridgehead atoms. The molecule has 8 aliphatic rings. The zero-order valence-electron chi connectivity index (χ0n) is 28.7. The molecule has 6 heteroatoms. The second kappa shape index (κ2) is 10.6. The van der Waals surface area contributed by atoms with Crippen LogP contribution in [-0.4, -0.2) is 76.2 Å². The highest BCUT2D eigenvalue weighted by molar-refractivity contribution is 6.14. The van der Waals surface area contributed by atoms with Gasteiger partial charge in [-0.15, -0.1) is 0 Å². The first-order valence-electron chi connectivity index (χ1n) is 18.7. The van der Waals surface area contributed by atoms with Crippen LogP contribution < -0.4 is 0 Å². The van der Waals surface area contributed by atoms with Crippen LogP contribution in [0.2, 0.25) is 0 Å². The molecular formula is C42H51N3O3. The Bertz CT molecular complexity index is 1730. The Morgan fingerprint density at radius 1 is 0.875 bits per heavy atom. The predicted octanol–water partition coefficient (Wildman–Crippen LogP) is 6.89. The summed E-state index contributed by atoms with van der Waals surface area (Å²) in [5.74, 6) is 1.62. The van der Waals surface area contributed by atoms with Crippen molar-refractivity contribution in [1.29, 1.82) is 0 Å². The first-order chi connectivity index (χ1) is 23.1. The molecule has 6 nitrogen and oxygen atoms in total. The number of fused-ring (bicyclic) bond motifs is 2. The molecule has 2 aliphatic heterocycles. The van der Waals surface area contributed by atoms with Crippen molar-refractivity contribution in [2.75, 3.05) is 32.7 Å². The van der Waals surface area contributed by atoms with Crippen molar-refractivity contribution < 1.29 is 15.0 Å². The fraction of sp³-hybridized carbons (Fsp3) is 0.571. The van der Waals surface area contributed by atoms with Gasteiger partial charge in [0.05, 0.1) is 18.2 Å². The predicted molar refractivity (Wildman–Crippen MR) is 189 cm³/mol. The average molecular weight is 646 g/mol. The summed E-state index contributed by atoms with van der Waals surface area (Å²) in [4.78, 5) is 25.1. The van der Waals surface area contributed by atoms with E-state index in [4.69, 9.17) is 4.99 Å². The molecule has 2 aromatic carbocycles. The van der Waals surface area contributed by atoms with Gasteiger partial charge in [-0.1, -0.05) is 86.7 Å². The number of guanidine groups is 1. The number of benzene rings is 2. The normalized spacial score (nSPS) is 41.1. The van der Waals surface area contributed by atoms with E-state index in [2.05, 4.69) is 60.1 Å². The molecule has 252 valence electrons. The van der Waals surface area contributed by atoms with E-state index in [0.29, 0.717) is 13.0 Å².